The van der Waals surface area contributed by atoms with Gasteiger partial charge in [0.2, 0.25) is 5.91 Å². The number of aryl methyl sites for hydroxylation is 1. The van der Waals surface area contributed by atoms with E-state index >= 15 is 0 Å². The zero-order valence-electron chi connectivity index (χ0n) is 13.3. The predicted molar refractivity (Wildman–Crippen MR) is 86.1 cm³/mol. The summed E-state index contributed by atoms with van der Waals surface area (Å²) in [6, 6.07) is 7.71. The molecule has 0 aliphatic carbocycles. The maximum absolute atomic E-state index is 12.7. The van der Waals surface area contributed by atoms with Gasteiger partial charge in [-0.05, 0) is 13.0 Å². The molecule has 1 atom stereocenters. The van der Waals surface area contributed by atoms with Crippen LogP contribution in [0, 0.1) is 6.92 Å². The number of nitrogens with zero attached hydrogens (tertiary/aromatic N) is 3. The molecule has 1 aromatic carbocycles. The Kier molecular flexibility index (Phi) is 3.38. The van der Waals surface area contributed by atoms with Crippen LogP contribution in [0.15, 0.2) is 34.9 Å². The Labute approximate surface area is 138 Å². The fourth-order valence-electron chi connectivity index (χ4n) is 3.35. The van der Waals surface area contributed by atoms with Crippen molar-refractivity contribution in [2.24, 2.45) is 0 Å². The summed E-state index contributed by atoms with van der Waals surface area (Å²) in [6.07, 6.45) is 2.22. The summed E-state index contributed by atoms with van der Waals surface area (Å²) in [5, 5.41) is 21.9. The molecule has 7 heteroatoms. The van der Waals surface area contributed by atoms with Crippen molar-refractivity contribution in [2.45, 2.75) is 25.4 Å². The van der Waals surface area contributed by atoms with Gasteiger partial charge in [0.15, 0.2) is 0 Å². The second-order valence-electron chi connectivity index (χ2n) is 6.26. The number of aromatic nitrogens is 3. The largest absolute Gasteiger partial charge is 0.461 e. The predicted octanol–water partition coefficient (Wildman–Crippen LogP) is 1.52. The van der Waals surface area contributed by atoms with E-state index in [4.69, 9.17) is 4.42 Å². The van der Waals surface area contributed by atoms with Crippen molar-refractivity contribution in [3.05, 3.63) is 47.5 Å². The van der Waals surface area contributed by atoms with Crippen molar-refractivity contribution < 1.29 is 14.3 Å². The van der Waals surface area contributed by atoms with Gasteiger partial charge in [-0.15, -0.1) is 0 Å². The summed E-state index contributed by atoms with van der Waals surface area (Å²) >= 11 is 0. The van der Waals surface area contributed by atoms with Gasteiger partial charge in [-0.2, -0.15) is 15.4 Å². The van der Waals surface area contributed by atoms with Crippen molar-refractivity contribution in [1.82, 2.24) is 20.3 Å². The minimum absolute atomic E-state index is 0.0240. The van der Waals surface area contributed by atoms with Crippen LogP contribution < -0.4 is 0 Å². The highest BCUT2D eigenvalue weighted by Crippen LogP contribution is 2.31. The van der Waals surface area contributed by atoms with Crippen LogP contribution in [0.1, 0.15) is 23.4 Å². The van der Waals surface area contributed by atoms with Crippen molar-refractivity contribution in [2.75, 3.05) is 13.1 Å². The number of hydrogen-bond donors (Lipinski definition) is 2. The molecule has 4 rings (SSSR count). The number of para-hydroxylation sites is 1. The Hall–Kier alpha value is -2.67. The fraction of sp³-hybridized carbons (Fsp3) is 0.353. The molecule has 3 heterocycles. The summed E-state index contributed by atoms with van der Waals surface area (Å²) in [5.41, 5.74) is 1.05. The summed E-state index contributed by atoms with van der Waals surface area (Å²) < 4.78 is 5.72. The highest BCUT2D eigenvalue weighted by molar-refractivity contribution is 5.88. The van der Waals surface area contributed by atoms with Crippen LogP contribution in [-0.4, -0.2) is 44.4 Å². The number of nitrogens with one attached hydrogen (secondary N) is 1. The average molecular weight is 326 g/mol. The quantitative estimate of drug-likeness (QED) is 0.761. The number of aliphatic hydroxyl groups is 1. The van der Waals surface area contributed by atoms with Crippen molar-refractivity contribution >= 4 is 16.9 Å². The lowest BCUT2D eigenvalue weighted by Crippen LogP contribution is -2.35. The molecule has 1 aliphatic heterocycles. The van der Waals surface area contributed by atoms with Gasteiger partial charge in [0.25, 0.3) is 0 Å². The molecule has 1 fully saturated rings. The van der Waals surface area contributed by atoms with Crippen LogP contribution in [0.4, 0.5) is 0 Å². The van der Waals surface area contributed by atoms with Gasteiger partial charge in [-0.3, -0.25) is 4.79 Å². The standard InChI is InChI=1S/C17H18N4O3/c1-11-13(12-4-2-3-5-14(12)24-11)8-16(22)21-7-6-17(23,10-21)15-9-18-20-19-15/h2-5,9,23H,6-8,10H2,1H3,(H,18,19,20). The van der Waals surface area contributed by atoms with Gasteiger partial charge in [-0.1, -0.05) is 18.2 Å². The normalized spacial score (nSPS) is 20.8. The van der Waals surface area contributed by atoms with E-state index in [0.717, 1.165) is 22.3 Å². The van der Waals surface area contributed by atoms with Crippen molar-refractivity contribution in [3.8, 4) is 0 Å². The minimum Gasteiger partial charge on any atom is -0.461 e. The summed E-state index contributed by atoms with van der Waals surface area (Å²) in [6.45, 7) is 2.60. The molecule has 124 valence electrons. The number of aromatic amines is 1. The first-order chi connectivity index (χ1) is 11.6. The molecule has 0 spiro atoms. The van der Waals surface area contributed by atoms with Crippen LogP contribution >= 0.6 is 0 Å². The second kappa shape index (κ2) is 5.45. The maximum atomic E-state index is 12.7. The maximum Gasteiger partial charge on any atom is 0.227 e. The Bertz CT molecular complexity index is 887. The van der Waals surface area contributed by atoms with Crippen molar-refractivity contribution in [1.29, 1.82) is 0 Å². The van der Waals surface area contributed by atoms with Gasteiger partial charge in [0.05, 0.1) is 19.2 Å². The molecule has 1 aliphatic rings. The monoisotopic (exact) mass is 326 g/mol. The molecule has 1 unspecified atom stereocenters. The second-order valence-corrected chi connectivity index (χ2v) is 6.26. The smallest absolute Gasteiger partial charge is 0.227 e. The molecule has 2 aromatic heterocycles. The Morgan fingerprint density at radius 3 is 3.08 bits per heavy atom. The molecular formula is C17H18N4O3. The lowest BCUT2D eigenvalue weighted by atomic mass is 10.00. The van der Waals surface area contributed by atoms with Gasteiger partial charge < -0.3 is 14.4 Å². The fourth-order valence-corrected chi connectivity index (χ4v) is 3.35. The number of carbonyl (C=O) groups excluding carboxylic acids is 1. The molecule has 0 bridgehead atoms. The van der Waals surface area contributed by atoms with Gasteiger partial charge in [0.1, 0.15) is 22.6 Å². The minimum atomic E-state index is -1.13. The van der Waals surface area contributed by atoms with Gasteiger partial charge >= 0.3 is 0 Å². The Balaban J connectivity index is 1.54. The lowest BCUT2D eigenvalue weighted by Gasteiger charge is -2.21. The summed E-state index contributed by atoms with van der Waals surface area (Å²) in [4.78, 5) is 14.4. The van der Waals surface area contributed by atoms with Gasteiger partial charge in [-0.25, -0.2) is 0 Å². The molecule has 3 aromatic rings. The van der Waals surface area contributed by atoms with Crippen molar-refractivity contribution in [3.63, 3.8) is 0 Å². The first-order valence-corrected chi connectivity index (χ1v) is 7.90. The zero-order valence-corrected chi connectivity index (χ0v) is 13.3. The van der Waals surface area contributed by atoms with E-state index in [2.05, 4.69) is 15.4 Å². The molecule has 24 heavy (non-hydrogen) atoms. The number of H-pyrrole nitrogens is 1. The van der Waals surface area contributed by atoms with E-state index in [1.807, 2.05) is 31.2 Å². The molecule has 7 nitrogen and oxygen atoms in total. The van der Waals surface area contributed by atoms with E-state index in [-0.39, 0.29) is 18.9 Å². The van der Waals surface area contributed by atoms with E-state index < -0.39 is 5.60 Å². The molecular weight excluding hydrogens is 308 g/mol. The van der Waals surface area contributed by atoms with Crippen LogP contribution in [0.3, 0.4) is 0 Å². The number of furan rings is 1. The Morgan fingerprint density at radius 1 is 1.46 bits per heavy atom. The third-order valence-corrected chi connectivity index (χ3v) is 4.72. The number of benzene rings is 1. The topological polar surface area (TPSA) is 95.3 Å². The summed E-state index contributed by atoms with van der Waals surface area (Å²) in [5.74, 6) is 0.736. The van der Waals surface area contributed by atoms with Crippen LogP contribution in [0.25, 0.3) is 11.0 Å². The highest BCUT2D eigenvalue weighted by atomic mass is 16.3. The average Bonchev–Trinajstić information content (AvgIpc) is 3.28. The van der Waals surface area contributed by atoms with E-state index in [1.54, 1.807) is 4.90 Å². The number of hydrogen-bond acceptors (Lipinski definition) is 5. The number of amides is 1. The molecule has 0 radical (unpaired) electrons. The number of β-amino-alcohol motifs (C(OH)–C–C–N with tert-alkyl or cyclic N) is 1. The van der Waals surface area contributed by atoms with Gasteiger partial charge in [0, 0.05) is 23.9 Å². The number of fused-ring (bicyclic) bond motifs is 1. The van der Waals surface area contributed by atoms with E-state index in [9.17, 15) is 9.90 Å². The third kappa shape index (κ3) is 2.37. The molecule has 0 saturated carbocycles. The van der Waals surface area contributed by atoms with E-state index in [0.29, 0.717) is 18.7 Å². The Morgan fingerprint density at radius 2 is 2.29 bits per heavy atom. The van der Waals surface area contributed by atoms with Crippen LogP contribution in [-0.2, 0) is 16.8 Å². The molecule has 2 N–H and O–H groups in total. The third-order valence-electron chi connectivity index (χ3n) is 4.72. The van der Waals surface area contributed by atoms with E-state index in [1.165, 1.54) is 6.20 Å². The molecule has 1 saturated heterocycles. The highest BCUT2D eigenvalue weighted by Gasteiger charge is 2.41. The lowest BCUT2D eigenvalue weighted by molar-refractivity contribution is -0.130. The number of rotatable bonds is 3. The zero-order chi connectivity index (χ0) is 16.7. The number of carbonyl (C=O) groups is 1. The SMILES string of the molecule is Cc1oc2ccccc2c1CC(=O)N1CCC(O)(c2cn[nH]n2)C1. The van der Waals surface area contributed by atoms with Crippen LogP contribution in [0.2, 0.25) is 0 Å². The first-order valence-electron chi connectivity index (χ1n) is 7.90. The molecule has 1 amide bonds. The van der Waals surface area contributed by atoms with Crippen LogP contribution in [0.5, 0.6) is 0 Å². The number of likely N-dealkylation sites (tertiary alicyclic amines) is 1. The first kappa shape index (κ1) is 14.9. The summed E-state index contributed by atoms with van der Waals surface area (Å²) in [7, 11) is 0.